The molecule has 7 heteroatoms. The van der Waals surface area contributed by atoms with Crippen molar-refractivity contribution in [3.63, 3.8) is 0 Å². The molecule has 0 spiro atoms. The third kappa shape index (κ3) is 4.10. The Kier molecular flexibility index (Phi) is 6.28. The van der Waals surface area contributed by atoms with Crippen LogP contribution in [-0.2, 0) is 9.53 Å². The van der Waals surface area contributed by atoms with Crippen LogP contribution in [0.5, 0.6) is 17.2 Å². The minimum absolute atomic E-state index is 0.178. The molecule has 0 aliphatic carbocycles. The molecule has 1 aliphatic rings. The van der Waals surface area contributed by atoms with E-state index < -0.39 is 5.97 Å². The van der Waals surface area contributed by atoms with Crippen molar-refractivity contribution in [1.29, 1.82) is 0 Å². The summed E-state index contributed by atoms with van der Waals surface area (Å²) in [4.78, 5) is 26.1. The van der Waals surface area contributed by atoms with Gasteiger partial charge >= 0.3 is 5.97 Å². The Morgan fingerprint density at radius 1 is 0.917 bits per heavy atom. The average Bonchev–Trinajstić information content (AvgIpc) is 2.65. The fourth-order valence-corrected chi connectivity index (χ4v) is 2.63. The number of amides is 1. The largest absolute Gasteiger partial charge is 0.496 e. The standard InChI is InChI=1S/C17H23NO6/c1-21-13-10-15(23-3)14(22-2)9-12(13)17(20)24-11-16(19)18-7-5-4-6-8-18/h9-10H,4-8,11H2,1-3H3. The van der Waals surface area contributed by atoms with Crippen molar-refractivity contribution < 1.29 is 28.5 Å². The van der Waals surface area contributed by atoms with E-state index in [0.29, 0.717) is 17.2 Å². The predicted octanol–water partition coefficient (Wildman–Crippen LogP) is 1.88. The lowest BCUT2D eigenvalue weighted by Crippen LogP contribution is -2.38. The number of methoxy groups -OCH3 is 3. The topological polar surface area (TPSA) is 74.3 Å². The van der Waals surface area contributed by atoms with Crippen LogP contribution >= 0.6 is 0 Å². The molecule has 1 amide bonds. The van der Waals surface area contributed by atoms with Gasteiger partial charge in [0, 0.05) is 25.2 Å². The van der Waals surface area contributed by atoms with Crippen LogP contribution in [0.25, 0.3) is 0 Å². The number of carbonyl (C=O) groups is 2. The number of nitrogens with zero attached hydrogens (tertiary/aromatic N) is 1. The van der Waals surface area contributed by atoms with E-state index in [-0.39, 0.29) is 18.1 Å². The number of piperidine rings is 1. The Morgan fingerprint density at radius 3 is 2.08 bits per heavy atom. The molecule has 0 saturated carbocycles. The van der Waals surface area contributed by atoms with Gasteiger partial charge in [-0.05, 0) is 19.3 Å². The molecule has 1 fully saturated rings. The molecule has 1 aromatic rings. The number of ether oxygens (including phenoxy) is 4. The molecule has 132 valence electrons. The Labute approximate surface area is 141 Å². The lowest BCUT2D eigenvalue weighted by atomic mass is 10.1. The third-order valence-corrected chi connectivity index (χ3v) is 3.96. The molecule has 0 radical (unpaired) electrons. The lowest BCUT2D eigenvalue weighted by molar-refractivity contribution is -0.135. The van der Waals surface area contributed by atoms with Gasteiger partial charge < -0.3 is 23.8 Å². The van der Waals surface area contributed by atoms with E-state index in [9.17, 15) is 9.59 Å². The number of esters is 1. The van der Waals surface area contributed by atoms with E-state index in [1.165, 1.54) is 27.4 Å². The quantitative estimate of drug-likeness (QED) is 0.738. The summed E-state index contributed by atoms with van der Waals surface area (Å²) in [5.74, 6) is 0.298. The van der Waals surface area contributed by atoms with Crippen LogP contribution in [0.3, 0.4) is 0 Å². The van der Waals surface area contributed by atoms with Crippen LogP contribution in [0.2, 0.25) is 0 Å². The second kappa shape index (κ2) is 8.42. The first-order valence-corrected chi connectivity index (χ1v) is 7.85. The maximum absolute atomic E-state index is 12.3. The van der Waals surface area contributed by atoms with Crippen molar-refractivity contribution in [3.05, 3.63) is 17.7 Å². The van der Waals surface area contributed by atoms with Crippen LogP contribution in [0, 0.1) is 0 Å². The van der Waals surface area contributed by atoms with E-state index in [4.69, 9.17) is 18.9 Å². The first-order valence-electron chi connectivity index (χ1n) is 7.85. The van der Waals surface area contributed by atoms with Crippen molar-refractivity contribution in [2.24, 2.45) is 0 Å². The van der Waals surface area contributed by atoms with Gasteiger partial charge in [-0.3, -0.25) is 4.79 Å². The fourth-order valence-electron chi connectivity index (χ4n) is 2.63. The molecular weight excluding hydrogens is 314 g/mol. The zero-order chi connectivity index (χ0) is 17.5. The summed E-state index contributed by atoms with van der Waals surface area (Å²) in [5.41, 5.74) is 0.182. The molecule has 1 saturated heterocycles. The Morgan fingerprint density at radius 2 is 1.50 bits per heavy atom. The molecule has 1 aromatic carbocycles. The van der Waals surface area contributed by atoms with Crippen molar-refractivity contribution in [3.8, 4) is 17.2 Å². The van der Waals surface area contributed by atoms with Crippen molar-refractivity contribution in [1.82, 2.24) is 4.90 Å². The van der Waals surface area contributed by atoms with Crippen LogP contribution in [0.1, 0.15) is 29.6 Å². The van der Waals surface area contributed by atoms with Gasteiger partial charge in [0.15, 0.2) is 18.1 Å². The summed E-state index contributed by atoms with van der Waals surface area (Å²) in [6, 6.07) is 3.02. The molecule has 2 rings (SSSR count). The molecule has 7 nitrogen and oxygen atoms in total. The summed E-state index contributed by atoms with van der Waals surface area (Å²) >= 11 is 0. The molecular formula is C17H23NO6. The van der Waals surface area contributed by atoms with E-state index in [1.54, 1.807) is 11.0 Å². The third-order valence-electron chi connectivity index (χ3n) is 3.96. The molecule has 24 heavy (non-hydrogen) atoms. The van der Waals surface area contributed by atoms with Gasteiger partial charge in [0.25, 0.3) is 5.91 Å². The van der Waals surface area contributed by atoms with Crippen LogP contribution in [0.15, 0.2) is 12.1 Å². The SMILES string of the molecule is COc1cc(OC)c(C(=O)OCC(=O)N2CCCCC2)cc1OC. The summed E-state index contributed by atoms with van der Waals surface area (Å²) in [6.45, 7) is 1.16. The van der Waals surface area contributed by atoms with Gasteiger partial charge in [-0.25, -0.2) is 4.79 Å². The van der Waals surface area contributed by atoms with Gasteiger partial charge in [0.2, 0.25) is 0 Å². The van der Waals surface area contributed by atoms with Crippen molar-refractivity contribution in [2.75, 3.05) is 41.0 Å². The molecule has 1 aliphatic heterocycles. The smallest absolute Gasteiger partial charge is 0.342 e. The molecule has 0 aromatic heterocycles. The highest BCUT2D eigenvalue weighted by atomic mass is 16.5. The lowest BCUT2D eigenvalue weighted by Gasteiger charge is -2.26. The van der Waals surface area contributed by atoms with Gasteiger partial charge in [-0.2, -0.15) is 0 Å². The van der Waals surface area contributed by atoms with E-state index in [1.807, 2.05) is 0 Å². The Hall–Kier alpha value is -2.44. The molecule has 0 N–H and O–H groups in total. The molecule has 1 heterocycles. The van der Waals surface area contributed by atoms with Gasteiger partial charge in [-0.1, -0.05) is 0 Å². The number of rotatable bonds is 6. The van der Waals surface area contributed by atoms with E-state index in [0.717, 1.165) is 32.4 Å². The minimum atomic E-state index is -0.641. The van der Waals surface area contributed by atoms with E-state index in [2.05, 4.69) is 0 Å². The molecule has 0 bridgehead atoms. The summed E-state index contributed by atoms with van der Waals surface area (Å²) in [7, 11) is 4.41. The second-order valence-corrected chi connectivity index (χ2v) is 5.43. The second-order valence-electron chi connectivity index (χ2n) is 5.43. The highest BCUT2D eigenvalue weighted by molar-refractivity contribution is 5.95. The molecule has 0 atom stereocenters. The maximum Gasteiger partial charge on any atom is 0.342 e. The Balaban J connectivity index is 2.06. The monoisotopic (exact) mass is 337 g/mol. The van der Waals surface area contributed by atoms with Gasteiger partial charge in [0.05, 0.1) is 21.3 Å². The first-order chi connectivity index (χ1) is 11.6. The highest BCUT2D eigenvalue weighted by Crippen LogP contribution is 2.34. The molecule has 0 unspecified atom stereocenters. The minimum Gasteiger partial charge on any atom is -0.496 e. The van der Waals surface area contributed by atoms with Crippen LogP contribution < -0.4 is 14.2 Å². The average molecular weight is 337 g/mol. The van der Waals surface area contributed by atoms with Gasteiger partial charge in [0.1, 0.15) is 11.3 Å². The number of benzene rings is 1. The maximum atomic E-state index is 12.3. The zero-order valence-electron chi connectivity index (χ0n) is 14.3. The van der Waals surface area contributed by atoms with Crippen molar-refractivity contribution >= 4 is 11.9 Å². The normalized spacial score (nSPS) is 14.0. The van der Waals surface area contributed by atoms with Crippen LogP contribution in [-0.4, -0.2) is 57.8 Å². The van der Waals surface area contributed by atoms with E-state index >= 15 is 0 Å². The van der Waals surface area contributed by atoms with Crippen LogP contribution in [0.4, 0.5) is 0 Å². The number of carbonyl (C=O) groups excluding carboxylic acids is 2. The van der Waals surface area contributed by atoms with Crippen molar-refractivity contribution in [2.45, 2.75) is 19.3 Å². The zero-order valence-corrected chi connectivity index (χ0v) is 14.3. The summed E-state index contributed by atoms with van der Waals surface area (Å²) in [6.07, 6.45) is 3.11. The predicted molar refractivity (Wildman–Crippen MR) is 86.8 cm³/mol. The van der Waals surface area contributed by atoms with Gasteiger partial charge in [-0.15, -0.1) is 0 Å². The highest BCUT2D eigenvalue weighted by Gasteiger charge is 2.22. The number of hydrogen-bond donors (Lipinski definition) is 0. The summed E-state index contributed by atoms with van der Waals surface area (Å²) in [5, 5.41) is 0. The number of likely N-dealkylation sites (tertiary alicyclic amines) is 1. The first kappa shape index (κ1) is 17.9. The summed E-state index contributed by atoms with van der Waals surface area (Å²) < 4.78 is 20.7. The fraction of sp³-hybridized carbons (Fsp3) is 0.529. The number of hydrogen-bond acceptors (Lipinski definition) is 6. The Bertz CT molecular complexity index is 595.